The molecule has 1 spiro atoms. The van der Waals surface area contributed by atoms with Crippen molar-refractivity contribution in [3.05, 3.63) is 241 Å². The topological polar surface area (TPSA) is 6.48 Å². The van der Waals surface area contributed by atoms with Crippen LogP contribution in [0.3, 0.4) is 0 Å². The lowest BCUT2D eigenvalue weighted by Gasteiger charge is -2.40. The SMILES string of the molecule is c1ccc(N(c2ccccc2)c2cccc(N(c3ccc4c(c3)Sc3ccccc3C43c4ccccc4-c4ccccc43)c3cccc4sc5ccccc5c34)c2)cc1. The molecular weight excluding hydrogens is 753 g/mol. The molecule has 0 saturated carbocycles. The van der Waals surface area contributed by atoms with E-state index in [-0.39, 0.29) is 0 Å². The predicted octanol–water partition coefficient (Wildman–Crippen LogP) is 15.8. The number of thiophene rings is 1. The molecule has 2 nitrogen and oxygen atoms in total. The summed E-state index contributed by atoms with van der Waals surface area (Å²) >= 11 is 3.75. The summed E-state index contributed by atoms with van der Waals surface area (Å²) in [5.41, 5.74) is 14.3. The van der Waals surface area contributed by atoms with E-state index < -0.39 is 5.41 Å². The summed E-state index contributed by atoms with van der Waals surface area (Å²) in [5, 5.41) is 2.55. The maximum atomic E-state index is 2.49. The summed E-state index contributed by atoms with van der Waals surface area (Å²) < 4.78 is 2.57. The van der Waals surface area contributed by atoms with Gasteiger partial charge in [0.25, 0.3) is 0 Å². The number of hydrogen-bond donors (Lipinski definition) is 0. The number of hydrogen-bond acceptors (Lipinski definition) is 4. The van der Waals surface area contributed by atoms with Gasteiger partial charge >= 0.3 is 0 Å². The molecule has 0 bridgehead atoms. The van der Waals surface area contributed by atoms with Crippen molar-refractivity contribution >= 4 is 77.4 Å². The first kappa shape index (κ1) is 34.2. The molecule has 12 rings (SSSR count). The summed E-state index contributed by atoms with van der Waals surface area (Å²) in [6.45, 7) is 0. The summed E-state index contributed by atoms with van der Waals surface area (Å²) in [6.07, 6.45) is 0. The van der Waals surface area contributed by atoms with E-state index in [0.717, 1.165) is 34.1 Å². The summed E-state index contributed by atoms with van der Waals surface area (Å²) in [7, 11) is 0. The van der Waals surface area contributed by atoms with Crippen LogP contribution in [0.15, 0.2) is 228 Å². The summed E-state index contributed by atoms with van der Waals surface area (Å²) in [5.74, 6) is 0. The molecule has 0 fully saturated rings. The van der Waals surface area contributed by atoms with E-state index in [1.807, 2.05) is 23.1 Å². The van der Waals surface area contributed by atoms with Crippen LogP contribution in [-0.4, -0.2) is 0 Å². The molecule has 9 aromatic carbocycles. The number of rotatable bonds is 6. The smallest absolute Gasteiger partial charge is 0.0735 e. The standard InChI is InChI=1S/C55H36N2S2/c1-3-17-37(18-4-1)56(38-19-5-2-6-20-38)39-21-15-22-40(35-39)57(49-29-16-32-52-54(49)44-25-9-13-30-50(44)58-52)41-33-34-48-53(36-41)59-51-31-14-12-28-47(51)55(48)45-26-10-7-23-42(45)43-24-8-11-27-46(43)55/h1-36H. The Morgan fingerprint density at radius 1 is 0.339 bits per heavy atom. The van der Waals surface area contributed by atoms with Crippen LogP contribution in [0.5, 0.6) is 0 Å². The van der Waals surface area contributed by atoms with E-state index in [4.69, 9.17) is 0 Å². The van der Waals surface area contributed by atoms with Gasteiger partial charge in [-0.05, 0) is 112 Å². The van der Waals surface area contributed by atoms with Crippen molar-refractivity contribution in [2.24, 2.45) is 0 Å². The second kappa shape index (κ2) is 13.6. The van der Waals surface area contributed by atoms with Crippen molar-refractivity contribution in [2.45, 2.75) is 15.2 Å². The van der Waals surface area contributed by atoms with Crippen LogP contribution < -0.4 is 9.80 Å². The van der Waals surface area contributed by atoms with Gasteiger partial charge in [-0.2, -0.15) is 0 Å². The van der Waals surface area contributed by atoms with Crippen LogP contribution in [0.2, 0.25) is 0 Å². The van der Waals surface area contributed by atoms with Gasteiger partial charge in [-0.25, -0.2) is 0 Å². The van der Waals surface area contributed by atoms with Crippen LogP contribution in [0.4, 0.5) is 34.1 Å². The highest BCUT2D eigenvalue weighted by molar-refractivity contribution is 7.99. The number of anilines is 6. The van der Waals surface area contributed by atoms with Crippen molar-refractivity contribution < 1.29 is 0 Å². The van der Waals surface area contributed by atoms with Crippen molar-refractivity contribution in [3.63, 3.8) is 0 Å². The Hall–Kier alpha value is -6.85. The molecule has 59 heavy (non-hydrogen) atoms. The van der Waals surface area contributed by atoms with E-state index in [2.05, 4.69) is 228 Å². The summed E-state index contributed by atoms with van der Waals surface area (Å²) in [4.78, 5) is 7.40. The monoisotopic (exact) mass is 788 g/mol. The van der Waals surface area contributed by atoms with Gasteiger partial charge in [-0.3, -0.25) is 0 Å². The molecule has 1 aliphatic carbocycles. The van der Waals surface area contributed by atoms with Crippen LogP contribution in [0.1, 0.15) is 22.3 Å². The molecule has 0 amide bonds. The first-order valence-corrected chi connectivity index (χ1v) is 21.7. The number of nitrogens with zero attached hydrogens (tertiary/aromatic N) is 2. The fourth-order valence-corrected chi connectivity index (χ4v) is 12.1. The molecule has 0 unspecified atom stereocenters. The highest BCUT2D eigenvalue weighted by atomic mass is 32.2. The van der Waals surface area contributed by atoms with E-state index in [0.29, 0.717) is 0 Å². The zero-order valence-corrected chi connectivity index (χ0v) is 33.6. The maximum absolute atomic E-state index is 2.49. The third-order valence-corrected chi connectivity index (χ3v) is 14.4. The first-order valence-electron chi connectivity index (χ1n) is 20.1. The minimum absolute atomic E-state index is 0.427. The molecule has 2 heterocycles. The van der Waals surface area contributed by atoms with Gasteiger partial charge < -0.3 is 9.80 Å². The van der Waals surface area contributed by atoms with Gasteiger partial charge in [0.2, 0.25) is 0 Å². The van der Waals surface area contributed by atoms with E-state index in [9.17, 15) is 0 Å². The van der Waals surface area contributed by atoms with E-state index >= 15 is 0 Å². The summed E-state index contributed by atoms with van der Waals surface area (Å²) in [6, 6.07) is 80.4. The Kier molecular flexibility index (Phi) is 7.90. The second-order valence-corrected chi connectivity index (χ2v) is 17.4. The van der Waals surface area contributed by atoms with Gasteiger partial charge in [0.15, 0.2) is 0 Å². The Labute approximate surface area is 352 Å². The molecule has 1 aromatic heterocycles. The van der Waals surface area contributed by atoms with Crippen molar-refractivity contribution in [3.8, 4) is 11.1 Å². The molecule has 2 aliphatic rings. The lowest BCUT2D eigenvalue weighted by Crippen LogP contribution is -2.32. The Morgan fingerprint density at radius 3 is 1.59 bits per heavy atom. The normalized spacial score (nSPS) is 13.2. The predicted molar refractivity (Wildman–Crippen MR) is 250 cm³/mol. The third-order valence-electron chi connectivity index (χ3n) is 12.1. The van der Waals surface area contributed by atoms with Gasteiger partial charge in [0.1, 0.15) is 0 Å². The molecule has 1 aliphatic heterocycles. The maximum Gasteiger partial charge on any atom is 0.0735 e. The lowest BCUT2D eigenvalue weighted by molar-refractivity contribution is 0.722. The van der Waals surface area contributed by atoms with Crippen molar-refractivity contribution in [1.29, 1.82) is 0 Å². The Balaban J connectivity index is 1.11. The average molecular weight is 789 g/mol. The Morgan fingerprint density at radius 2 is 0.864 bits per heavy atom. The second-order valence-electron chi connectivity index (χ2n) is 15.2. The molecule has 4 heteroatoms. The number of benzene rings is 9. The highest BCUT2D eigenvalue weighted by Crippen LogP contribution is 2.62. The van der Waals surface area contributed by atoms with E-state index in [1.54, 1.807) is 0 Å². The van der Waals surface area contributed by atoms with Crippen molar-refractivity contribution in [2.75, 3.05) is 9.80 Å². The number of para-hydroxylation sites is 2. The van der Waals surface area contributed by atoms with Crippen LogP contribution in [0, 0.1) is 0 Å². The number of fused-ring (bicyclic) bond motifs is 12. The minimum atomic E-state index is -0.427. The largest absolute Gasteiger partial charge is 0.310 e. The lowest BCUT2D eigenvalue weighted by atomic mass is 9.67. The van der Waals surface area contributed by atoms with Gasteiger partial charge in [-0.1, -0.05) is 151 Å². The zero-order valence-electron chi connectivity index (χ0n) is 32.0. The van der Waals surface area contributed by atoms with Gasteiger partial charge in [0, 0.05) is 58.4 Å². The molecule has 0 N–H and O–H groups in total. The fraction of sp³-hybridized carbons (Fsp3) is 0.0182. The average Bonchev–Trinajstić information content (AvgIpc) is 3.82. The van der Waals surface area contributed by atoms with Crippen LogP contribution in [0.25, 0.3) is 31.3 Å². The fourth-order valence-electron chi connectivity index (χ4n) is 9.73. The first-order chi connectivity index (χ1) is 29.3. The van der Waals surface area contributed by atoms with Gasteiger partial charge in [-0.15, -0.1) is 11.3 Å². The zero-order chi connectivity index (χ0) is 38.9. The molecular formula is C55H36N2S2. The molecule has 0 radical (unpaired) electrons. The molecule has 0 atom stereocenters. The van der Waals surface area contributed by atoms with E-state index in [1.165, 1.54) is 63.3 Å². The molecule has 10 aromatic rings. The molecule has 0 saturated heterocycles. The third kappa shape index (κ3) is 5.20. The van der Waals surface area contributed by atoms with Crippen LogP contribution in [-0.2, 0) is 5.41 Å². The molecule has 278 valence electrons. The van der Waals surface area contributed by atoms with Gasteiger partial charge in [0.05, 0.1) is 11.1 Å². The Bertz CT molecular complexity index is 3140. The minimum Gasteiger partial charge on any atom is -0.310 e. The quantitative estimate of drug-likeness (QED) is 0.166. The van der Waals surface area contributed by atoms with Crippen LogP contribution >= 0.6 is 23.1 Å². The highest BCUT2D eigenvalue weighted by Gasteiger charge is 2.50. The van der Waals surface area contributed by atoms with Crippen molar-refractivity contribution in [1.82, 2.24) is 0 Å².